The zero-order chi connectivity index (χ0) is 10.8. The lowest BCUT2D eigenvalue weighted by atomic mass is 10.0. The van der Waals surface area contributed by atoms with E-state index in [4.69, 9.17) is 0 Å². The Morgan fingerprint density at radius 1 is 0.933 bits per heavy atom. The number of rotatable bonds is 7. The first kappa shape index (κ1) is 13.0. The summed E-state index contributed by atoms with van der Waals surface area (Å²) in [5.74, 6) is 0.964. The molecule has 0 aromatic rings. The van der Waals surface area contributed by atoms with Crippen LogP contribution >= 0.6 is 0 Å². The molecule has 0 spiro atoms. The first-order chi connectivity index (χ1) is 7.43. The third-order valence-electron chi connectivity index (χ3n) is 3.36. The van der Waals surface area contributed by atoms with Crippen LogP contribution in [0.1, 0.15) is 51.9 Å². The van der Waals surface area contributed by atoms with Gasteiger partial charge >= 0.3 is 0 Å². The summed E-state index contributed by atoms with van der Waals surface area (Å²) in [6.07, 6.45) is 10.0. The molecule has 90 valence electrons. The predicted molar refractivity (Wildman–Crippen MR) is 67.2 cm³/mol. The maximum Gasteiger partial charge on any atom is -0.00205 e. The predicted octanol–water partition coefficient (Wildman–Crippen LogP) is 2.55. The zero-order valence-electron chi connectivity index (χ0n) is 10.4. The van der Waals surface area contributed by atoms with Crippen molar-refractivity contribution in [3.63, 3.8) is 0 Å². The fraction of sp³-hybridized carbons (Fsp3) is 1.00. The molecule has 1 saturated carbocycles. The SMILES string of the molecule is CCNCCCNCC1CCCCCC1. The van der Waals surface area contributed by atoms with Crippen LogP contribution in [0.3, 0.4) is 0 Å². The summed E-state index contributed by atoms with van der Waals surface area (Å²) in [4.78, 5) is 0. The first-order valence-electron chi connectivity index (χ1n) is 6.85. The molecule has 0 aliphatic heterocycles. The molecule has 0 atom stereocenters. The van der Waals surface area contributed by atoms with E-state index < -0.39 is 0 Å². The fourth-order valence-electron chi connectivity index (χ4n) is 2.39. The lowest BCUT2D eigenvalue weighted by Crippen LogP contribution is -2.26. The highest BCUT2D eigenvalue weighted by Crippen LogP contribution is 2.21. The second kappa shape index (κ2) is 9.17. The largest absolute Gasteiger partial charge is 0.317 e. The van der Waals surface area contributed by atoms with Crippen LogP contribution in [-0.2, 0) is 0 Å². The van der Waals surface area contributed by atoms with E-state index in [2.05, 4.69) is 17.6 Å². The third kappa shape index (κ3) is 6.91. The Kier molecular flexibility index (Phi) is 7.94. The first-order valence-corrected chi connectivity index (χ1v) is 6.85. The Labute approximate surface area is 95.2 Å². The van der Waals surface area contributed by atoms with Crippen LogP contribution in [-0.4, -0.2) is 26.2 Å². The summed E-state index contributed by atoms with van der Waals surface area (Å²) < 4.78 is 0. The minimum Gasteiger partial charge on any atom is -0.317 e. The van der Waals surface area contributed by atoms with Crippen molar-refractivity contribution in [2.24, 2.45) is 5.92 Å². The lowest BCUT2D eigenvalue weighted by Gasteiger charge is -2.14. The Hall–Kier alpha value is -0.0800. The van der Waals surface area contributed by atoms with Crippen LogP contribution in [0.15, 0.2) is 0 Å². The molecule has 0 amide bonds. The number of nitrogens with one attached hydrogen (secondary N) is 2. The van der Waals surface area contributed by atoms with E-state index in [0.29, 0.717) is 0 Å². The zero-order valence-corrected chi connectivity index (χ0v) is 10.4. The van der Waals surface area contributed by atoms with E-state index in [1.165, 1.54) is 58.0 Å². The molecule has 0 aromatic carbocycles. The van der Waals surface area contributed by atoms with Crippen LogP contribution in [0.5, 0.6) is 0 Å². The standard InChI is InChI=1S/C13H28N2/c1-2-14-10-7-11-15-12-13-8-5-3-4-6-9-13/h13-15H,2-12H2,1H3. The van der Waals surface area contributed by atoms with Gasteiger partial charge < -0.3 is 10.6 Å². The highest BCUT2D eigenvalue weighted by molar-refractivity contribution is 4.66. The molecule has 0 aromatic heterocycles. The van der Waals surface area contributed by atoms with Gasteiger partial charge in [-0.3, -0.25) is 0 Å². The number of hydrogen-bond donors (Lipinski definition) is 2. The summed E-state index contributed by atoms with van der Waals surface area (Å²) in [7, 11) is 0. The van der Waals surface area contributed by atoms with Gasteiger partial charge in [0.05, 0.1) is 0 Å². The topological polar surface area (TPSA) is 24.1 Å². The molecule has 15 heavy (non-hydrogen) atoms. The Morgan fingerprint density at radius 3 is 2.27 bits per heavy atom. The molecule has 2 N–H and O–H groups in total. The van der Waals surface area contributed by atoms with Crippen LogP contribution < -0.4 is 10.6 Å². The van der Waals surface area contributed by atoms with Gasteiger partial charge in [-0.25, -0.2) is 0 Å². The molecule has 0 saturated heterocycles. The van der Waals surface area contributed by atoms with E-state index in [-0.39, 0.29) is 0 Å². The molecule has 0 heterocycles. The molecule has 1 rings (SSSR count). The van der Waals surface area contributed by atoms with Crippen molar-refractivity contribution in [1.29, 1.82) is 0 Å². The molecule has 2 heteroatoms. The number of hydrogen-bond acceptors (Lipinski definition) is 2. The van der Waals surface area contributed by atoms with Gasteiger partial charge in [0.2, 0.25) is 0 Å². The highest BCUT2D eigenvalue weighted by Gasteiger charge is 2.10. The quantitative estimate of drug-likeness (QED) is 0.500. The van der Waals surface area contributed by atoms with Crippen LogP contribution in [0.2, 0.25) is 0 Å². The molecular weight excluding hydrogens is 184 g/mol. The van der Waals surface area contributed by atoms with Gasteiger partial charge in [0.25, 0.3) is 0 Å². The average Bonchev–Trinajstić information content (AvgIpc) is 2.52. The van der Waals surface area contributed by atoms with E-state index in [1.54, 1.807) is 0 Å². The fourth-order valence-corrected chi connectivity index (χ4v) is 2.39. The van der Waals surface area contributed by atoms with Crippen LogP contribution in [0.25, 0.3) is 0 Å². The summed E-state index contributed by atoms with van der Waals surface area (Å²) in [6.45, 7) is 6.87. The van der Waals surface area contributed by atoms with Crippen molar-refractivity contribution in [3.8, 4) is 0 Å². The van der Waals surface area contributed by atoms with Crippen molar-refractivity contribution in [3.05, 3.63) is 0 Å². The molecule has 0 bridgehead atoms. The van der Waals surface area contributed by atoms with Gasteiger partial charge in [0.1, 0.15) is 0 Å². The van der Waals surface area contributed by atoms with Gasteiger partial charge in [-0.05, 0) is 51.4 Å². The maximum absolute atomic E-state index is 3.60. The summed E-state index contributed by atoms with van der Waals surface area (Å²) >= 11 is 0. The van der Waals surface area contributed by atoms with Crippen molar-refractivity contribution < 1.29 is 0 Å². The van der Waals surface area contributed by atoms with Crippen molar-refractivity contribution in [2.45, 2.75) is 51.9 Å². The molecule has 0 unspecified atom stereocenters. The Balaban J connectivity index is 1.89. The van der Waals surface area contributed by atoms with Gasteiger partial charge in [-0.2, -0.15) is 0 Å². The molecule has 2 nitrogen and oxygen atoms in total. The van der Waals surface area contributed by atoms with Gasteiger partial charge in [-0.1, -0.05) is 32.6 Å². The minimum atomic E-state index is 0.964. The second-order valence-electron chi connectivity index (χ2n) is 4.77. The lowest BCUT2D eigenvalue weighted by molar-refractivity contribution is 0.423. The third-order valence-corrected chi connectivity index (χ3v) is 3.36. The monoisotopic (exact) mass is 212 g/mol. The van der Waals surface area contributed by atoms with Crippen molar-refractivity contribution in [2.75, 3.05) is 26.2 Å². The molecule has 1 aliphatic carbocycles. The van der Waals surface area contributed by atoms with Crippen LogP contribution in [0, 0.1) is 5.92 Å². The molecule has 0 radical (unpaired) electrons. The summed E-state index contributed by atoms with van der Waals surface area (Å²) in [6, 6.07) is 0. The van der Waals surface area contributed by atoms with Gasteiger partial charge in [-0.15, -0.1) is 0 Å². The van der Waals surface area contributed by atoms with Gasteiger partial charge in [0.15, 0.2) is 0 Å². The molecular formula is C13H28N2. The Morgan fingerprint density at radius 2 is 1.60 bits per heavy atom. The maximum atomic E-state index is 3.60. The summed E-state index contributed by atoms with van der Waals surface area (Å²) in [5, 5.41) is 6.96. The molecule has 1 fully saturated rings. The average molecular weight is 212 g/mol. The van der Waals surface area contributed by atoms with Gasteiger partial charge in [0, 0.05) is 0 Å². The summed E-state index contributed by atoms with van der Waals surface area (Å²) in [5.41, 5.74) is 0. The van der Waals surface area contributed by atoms with E-state index in [1.807, 2.05) is 0 Å². The minimum absolute atomic E-state index is 0.964. The van der Waals surface area contributed by atoms with E-state index in [9.17, 15) is 0 Å². The van der Waals surface area contributed by atoms with Crippen molar-refractivity contribution >= 4 is 0 Å². The second-order valence-corrected chi connectivity index (χ2v) is 4.77. The smallest absolute Gasteiger partial charge is 0.00205 e. The van der Waals surface area contributed by atoms with E-state index in [0.717, 1.165) is 19.0 Å². The Bertz CT molecular complexity index is 128. The normalized spacial score (nSPS) is 19.0. The molecule has 1 aliphatic rings. The highest BCUT2D eigenvalue weighted by atomic mass is 14.9. The van der Waals surface area contributed by atoms with Crippen LogP contribution in [0.4, 0.5) is 0 Å². The van der Waals surface area contributed by atoms with E-state index >= 15 is 0 Å². The van der Waals surface area contributed by atoms with Crippen molar-refractivity contribution in [1.82, 2.24) is 10.6 Å².